The number of thioether (sulfide) groups is 1. The summed E-state index contributed by atoms with van der Waals surface area (Å²) in [5, 5.41) is 10.9. The monoisotopic (exact) mass is 423 g/mol. The smallest absolute Gasteiger partial charge is 0.258 e. The molecule has 0 atom stereocenters. The van der Waals surface area contributed by atoms with Gasteiger partial charge < -0.3 is 8.98 Å². The SMILES string of the molecule is Cn1c(SCc2cc(=O)n3ccsc3n2)nnc1-c1ccc(Br)o1. The van der Waals surface area contributed by atoms with Gasteiger partial charge in [0.05, 0.1) is 5.69 Å². The lowest BCUT2D eigenvalue weighted by Crippen LogP contribution is -2.12. The molecule has 0 spiro atoms. The van der Waals surface area contributed by atoms with E-state index in [-0.39, 0.29) is 5.56 Å². The van der Waals surface area contributed by atoms with Gasteiger partial charge in [0.1, 0.15) is 0 Å². The lowest BCUT2D eigenvalue weighted by molar-refractivity contribution is 0.547. The molecule has 0 aromatic carbocycles. The van der Waals surface area contributed by atoms with Crippen LogP contribution in [0.1, 0.15) is 5.69 Å². The topological polar surface area (TPSA) is 78.2 Å². The van der Waals surface area contributed by atoms with Crippen molar-refractivity contribution >= 4 is 44.0 Å². The number of rotatable bonds is 4. The van der Waals surface area contributed by atoms with Gasteiger partial charge in [0.25, 0.3) is 5.56 Å². The van der Waals surface area contributed by atoms with Crippen molar-refractivity contribution in [2.75, 3.05) is 0 Å². The Morgan fingerprint density at radius 1 is 1.38 bits per heavy atom. The number of hydrogen-bond acceptors (Lipinski definition) is 7. The first-order chi connectivity index (χ1) is 11.6. The van der Waals surface area contributed by atoms with Crippen LogP contribution in [0.4, 0.5) is 0 Å². The van der Waals surface area contributed by atoms with E-state index in [0.717, 1.165) is 10.9 Å². The van der Waals surface area contributed by atoms with E-state index >= 15 is 0 Å². The van der Waals surface area contributed by atoms with Crippen molar-refractivity contribution in [1.82, 2.24) is 24.1 Å². The van der Waals surface area contributed by atoms with Gasteiger partial charge >= 0.3 is 0 Å². The Morgan fingerprint density at radius 3 is 3.04 bits per heavy atom. The van der Waals surface area contributed by atoms with E-state index in [9.17, 15) is 4.79 Å². The van der Waals surface area contributed by atoms with Crippen molar-refractivity contribution in [1.29, 1.82) is 0 Å². The Labute approximate surface area is 152 Å². The zero-order valence-electron chi connectivity index (χ0n) is 12.3. The first-order valence-corrected chi connectivity index (χ1v) is 9.51. The Kier molecular flexibility index (Phi) is 4.02. The van der Waals surface area contributed by atoms with Crippen LogP contribution >= 0.6 is 39.0 Å². The highest BCUT2D eigenvalue weighted by Crippen LogP contribution is 2.27. The van der Waals surface area contributed by atoms with Crippen molar-refractivity contribution in [3.8, 4) is 11.6 Å². The van der Waals surface area contributed by atoms with Crippen molar-refractivity contribution in [3.05, 3.63) is 50.5 Å². The van der Waals surface area contributed by atoms with E-state index in [4.69, 9.17) is 4.42 Å². The first-order valence-electron chi connectivity index (χ1n) is 6.85. The zero-order chi connectivity index (χ0) is 16.7. The lowest BCUT2D eigenvalue weighted by Gasteiger charge is -2.02. The minimum atomic E-state index is -0.0732. The summed E-state index contributed by atoms with van der Waals surface area (Å²) in [5.41, 5.74) is 0.647. The molecule has 0 fully saturated rings. The first kappa shape index (κ1) is 15.6. The summed E-state index contributed by atoms with van der Waals surface area (Å²) in [6.45, 7) is 0. The third-order valence-corrected chi connectivity index (χ3v) is 5.57. The molecular formula is C14H10BrN5O2S2. The molecule has 4 aromatic heterocycles. The summed E-state index contributed by atoms with van der Waals surface area (Å²) < 4.78 is 9.54. The highest BCUT2D eigenvalue weighted by atomic mass is 79.9. The van der Waals surface area contributed by atoms with Crippen LogP contribution < -0.4 is 5.56 Å². The Bertz CT molecular complexity index is 1080. The van der Waals surface area contributed by atoms with E-state index < -0.39 is 0 Å². The standard InChI is InChI=1S/C14H10BrN5O2S2/c1-19-12(9-2-3-10(15)22-9)17-18-14(19)24-7-8-6-11(21)20-4-5-23-13(20)16-8/h2-6H,7H2,1H3. The molecule has 10 heteroatoms. The van der Waals surface area contributed by atoms with Crippen molar-refractivity contribution in [3.63, 3.8) is 0 Å². The van der Waals surface area contributed by atoms with Crippen molar-refractivity contribution in [2.24, 2.45) is 7.05 Å². The normalized spacial score (nSPS) is 11.4. The van der Waals surface area contributed by atoms with Crippen molar-refractivity contribution in [2.45, 2.75) is 10.9 Å². The molecule has 0 saturated heterocycles. The van der Waals surface area contributed by atoms with Crippen LogP contribution in [0.5, 0.6) is 0 Å². The van der Waals surface area contributed by atoms with Gasteiger partial charge in [-0.15, -0.1) is 21.5 Å². The minimum absolute atomic E-state index is 0.0732. The Hall–Kier alpha value is -1.91. The van der Waals surface area contributed by atoms with Crippen LogP contribution in [0, 0.1) is 0 Å². The number of furan rings is 1. The maximum atomic E-state index is 12.0. The zero-order valence-corrected chi connectivity index (χ0v) is 15.6. The fraction of sp³-hybridized carbons (Fsp3) is 0.143. The van der Waals surface area contributed by atoms with E-state index in [2.05, 4.69) is 31.1 Å². The minimum Gasteiger partial charge on any atom is -0.446 e. The van der Waals surface area contributed by atoms with Crippen LogP contribution in [0.2, 0.25) is 0 Å². The summed E-state index contributed by atoms with van der Waals surface area (Å²) in [6.07, 6.45) is 1.72. The molecule has 0 aliphatic rings. The summed E-state index contributed by atoms with van der Waals surface area (Å²) in [6, 6.07) is 5.19. The van der Waals surface area contributed by atoms with Gasteiger partial charge in [0.15, 0.2) is 26.4 Å². The molecule has 0 N–H and O–H groups in total. The van der Waals surface area contributed by atoms with Gasteiger partial charge in [-0.3, -0.25) is 9.20 Å². The van der Waals surface area contributed by atoms with Gasteiger partial charge in [-0.1, -0.05) is 11.8 Å². The number of fused-ring (bicyclic) bond motifs is 1. The molecule has 4 heterocycles. The fourth-order valence-corrected chi connectivity index (χ4v) is 4.04. The molecule has 0 aliphatic carbocycles. The maximum Gasteiger partial charge on any atom is 0.258 e. The van der Waals surface area contributed by atoms with E-state index in [1.54, 1.807) is 12.3 Å². The molecule has 4 aromatic rings. The van der Waals surface area contributed by atoms with Crippen LogP contribution in [0.25, 0.3) is 16.5 Å². The summed E-state index contributed by atoms with van der Waals surface area (Å²) in [7, 11) is 1.87. The second-order valence-corrected chi connectivity index (χ2v) is 7.50. The number of aromatic nitrogens is 5. The molecule has 0 bridgehead atoms. The molecule has 0 saturated carbocycles. The molecule has 0 amide bonds. The average molecular weight is 424 g/mol. The Morgan fingerprint density at radius 2 is 2.25 bits per heavy atom. The second-order valence-electron chi connectivity index (χ2n) is 4.90. The van der Waals surface area contributed by atoms with E-state index in [1.165, 1.54) is 27.5 Å². The predicted molar refractivity (Wildman–Crippen MR) is 95.3 cm³/mol. The third kappa shape index (κ3) is 2.80. The molecule has 4 rings (SSSR count). The highest BCUT2D eigenvalue weighted by molar-refractivity contribution is 9.10. The summed E-state index contributed by atoms with van der Waals surface area (Å²) in [5.74, 6) is 1.82. The third-order valence-electron chi connectivity index (χ3n) is 3.33. The molecular weight excluding hydrogens is 414 g/mol. The predicted octanol–water partition coefficient (Wildman–Crippen LogP) is 3.20. The van der Waals surface area contributed by atoms with E-state index in [1.807, 2.05) is 29.1 Å². The largest absolute Gasteiger partial charge is 0.446 e. The van der Waals surface area contributed by atoms with Crippen LogP contribution in [0.3, 0.4) is 0 Å². The van der Waals surface area contributed by atoms with E-state index in [0.29, 0.717) is 27.0 Å². The highest BCUT2D eigenvalue weighted by Gasteiger charge is 2.15. The van der Waals surface area contributed by atoms with Crippen LogP contribution in [-0.4, -0.2) is 24.1 Å². The summed E-state index contributed by atoms with van der Waals surface area (Å²) >= 11 is 6.19. The van der Waals surface area contributed by atoms with Gasteiger partial charge in [-0.25, -0.2) is 4.98 Å². The quantitative estimate of drug-likeness (QED) is 0.469. The average Bonchev–Trinajstić information content (AvgIpc) is 3.26. The number of nitrogens with zero attached hydrogens (tertiary/aromatic N) is 5. The molecule has 0 radical (unpaired) electrons. The molecule has 0 aliphatic heterocycles. The van der Waals surface area contributed by atoms with Gasteiger partial charge in [-0.05, 0) is 28.1 Å². The second kappa shape index (κ2) is 6.19. The molecule has 24 heavy (non-hydrogen) atoms. The van der Waals surface area contributed by atoms with Crippen LogP contribution in [0.15, 0.2) is 48.8 Å². The maximum absolute atomic E-state index is 12.0. The number of hydrogen-bond donors (Lipinski definition) is 0. The van der Waals surface area contributed by atoms with Gasteiger partial charge in [0, 0.05) is 30.4 Å². The molecule has 0 unspecified atom stereocenters. The summed E-state index contributed by atoms with van der Waals surface area (Å²) in [4.78, 5) is 17.2. The lowest BCUT2D eigenvalue weighted by atomic mass is 10.4. The van der Waals surface area contributed by atoms with Gasteiger partial charge in [0.2, 0.25) is 0 Å². The Balaban J connectivity index is 1.57. The fourth-order valence-electron chi connectivity index (χ4n) is 2.19. The number of halogens is 1. The van der Waals surface area contributed by atoms with Crippen LogP contribution in [-0.2, 0) is 12.8 Å². The number of thiazole rings is 1. The van der Waals surface area contributed by atoms with Gasteiger partial charge in [-0.2, -0.15) is 0 Å². The molecule has 122 valence electrons. The van der Waals surface area contributed by atoms with Crippen molar-refractivity contribution < 1.29 is 4.42 Å². The molecule has 7 nitrogen and oxygen atoms in total.